The van der Waals surface area contributed by atoms with E-state index >= 15 is 0 Å². The largest absolute Gasteiger partial charge is 0.379 e. The lowest BCUT2D eigenvalue weighted by Crippen LogP contribution is -2.46. The summed E-state index contributed by atoms with van der Waals surface area (Å²) in [5.74, 6) is 0. The molecule has 2 rings (SSSR count). The molecule has 0 spiro atoms. The number of ether oxygens (including phenoxy) is 1. The molecule has 1 N–H and O–H groups in total. The van der Waals surface area contributed by atoms with Crippen LogP contribution in [-0.4, -0.2) is 92.8 Å². The van der Waals surface area contributed by atoms with E-state index in [9.17, 15) is 4.79 Å². The van der Waals surface area contributed by atoms with E-state index in [-0.39, 0.29) is 6.03 Å². The first-order valence-electron chi connectivity index (χ1n) is 8.35. The average Bonchev–Trinajstić information content (AvgIpc) is 2.74. The van der Waals surface area contributed by atoms with Crippen molar-refractivity contribution in [2.45, 2.75) is 19.8 Å². The molecule has 2 saturated heterocycles. The Hall–Kier alpha value is -0.850. The Kier molecular flexibility index (Phi) is 7.26. The van der Waals surface area contributed by atoms with Gasteiger partial charge in [-0.15, -0.1) is 0 Å². The smallest absolute Gasteiger partial charge is 0.317 e. The van der Waals surface area contributed by atoms with Gasteiger partial charge in [-0.2, -0.15) is 0 Å². The van der Waals surface area contributed by atoms with Crippen molar-refractivity contribution < 1.29 is 9.53 Å². The SMILES string of the molecule is CCCN1CCCN(C(=O)NCCN2CCOCC2)CC1. The van der Waals surface area contributed by atoms with Gasteiger partial charge in [0.1, 0.15) is 0 Å². The van der Waals surface area contributed by atoms with Gasteiger partial charge in [0.25, 0.3) is 0 Å². The van der Waals surface area contributed by atoms with Gasteiger partial charge in [0, 0.05) is 45.8 Å². The molecule has 2 aliphatic rings. The minimum absolute atomic E-state index is 0.0987. The first-order chi connectivity index (χ1) is 10.3. The molecule has 0 aromatic carbocycles. The molecule has 0 radical (unpaired) electrons. The standard InChI is InChI=1S/C15H30N4O2/c1-2-5-17-6-3-7-19(10-9-17)15(20)16-4-8-18-11-13-21-14-12-18/h2-14H2,1H3,(H,16,20). The molecule has 0 atom stereocenters. The zero-order valence-corrected chi connectivity index (χ0v) is 13.4. The summed E-state index contributed by atoms with van der Waals surface area (Å²) in [6, 6.07) is 0.0987. The van der Waals surface area contributed by atoms with Crippen molar-refractivity contribution in [3.63, 3.8) is 0 Å². The predicted molar refractivity (Wildman–Crippen MR) is 83.6 cm³/mol. The van der Waals surface area contributed by atoms with E-state index in [0.717, 1.165) is 78.5 Å². The Labute approximate surface area is 128 Å². The molecular formula is C15H30N4O2. The molecule has 2 amide bonds. The number of carbonyl (C=O) groups is 1. The molecular weight excluding hydrogens is 268 g/mol. The van der Waals surface area contributed by atoms with Gasteiger partial charge in [-0.25, -0.2) is 4.79 Å². The number of nitrogens with zero attached hydrogens (tertiary/aromatic N) is 3. The third kappa shape index (κ3) is 5.80. The predicted octanol–water partition coefficient (Wildman–Crippen LogP) is 0.446. The summed E-state index contributed by atoms with van der Waals surface area (Å²) in [6.07, 6.45) is 2.27. The highest BCUT2D eigenvalue weighted by Crippen LogP contribution is 2.04. The lowest BCUT2D eigenvalue weighted by molar-refractivity contribution is 0.0386. The van der Waals surface area contributed by atoms with Crippen molar-refractivity contribution >= 4 is 6.03 Å². The van der Waals surface area contributed by atoms with Crippen molar-refractivity contribution in [1.82, 2.24) is 20.0 Å². The Morgan fingerprint density at radius 1 is 1.00 bits per heavy atom. The Balaban J connectivity index is 1.63. The average molecular weight is 298 g/mol. The zero-order chi connectivity index (χ0) is 14.9. The second-order valence-electron chi connectivity index (χ2n) is 5.87. The lowest BCUT2D eigenvalue weighted by atomic mass is 10.3. The van der Waals surface area contributed by atoms with Crippen LogP contribution >= 0.6 is 0 Å². The van der Waals surface area contributed by atoms with E-state index in [1.165, 1.54) is 6.42 Å². The molecule has 2 fully saturated rings. The van der Waals surface area contributed by atoms with Crippen LogP contribution in [0.5, 0.6) is 0 Å². The molecule has 122 valence electrons. The maximum absolute atomic E-state index is 12.2. The third-order valence-electron chi connectivity index (χ3n) is 4.22. The Bertz CT molecular complexity index is 308. The fourth-order valence-corrected chi connectivity index (χ4v) is 2.97. The molecule has 0 aromatic heterocycles. The third-order valence-corrected chi connectivity index (χ3v) is 4.22. The van der Waals surface area contributed by atoms with E-state index in [4.69, 9.17) is 4.74 Å². The van der Waals surface area contributed by atoms with Gasteiger partial charge in [-0.05, 0) is 25.9 Å². The summed E-state index contributed by atoms with van der Waals surface area (Å²) >= 11 is 0. The highest BCUT2D eigenvalue weighted by Gasteiger charge is 2.18. The van der Waals surface area contributed by atoms with Crippen molar-refractivity contribution in [3.05, 3.63) is 0 Å². The Morgan fingerprint density at radius 3 is 2.52 bits per heavy atom. The van der Waals surface area contributed by atoms with E-state index in [2.05, 4.69) is 22.0 Å². The fraction of sp³-hybridized carbons (Fsp3) is 0.933. The molecule has 0 aromatic rings. The summed E-state index contributed by atoms with van der Waals surface area (Å²) < 4.78 is 5.32. The van der Waals surface area contributed by atoms with Crippen LogP contribution < -0.4 is 5.32 Å². The van der Waals surface area contributed by atoms with Gasteiger partial charge in [-0.3, -0.25) is 4.90 Å². The van der Waals surface area contributed by atoms with Crippen LogP contribution in [0.25, 0.3) is 0 Å². The second kappa shape index (κ2) is 9.23. The highest BCUT2D eigenvalue weighted by molar-refractivity contribution is 5.74. The first kappa shape index (κ1) is 16.5. The summed E-state index contributed by atoms with van der Waals surface area (Å²) in [5, 5.41) is 3.06. The summed E-state index contributed by atoms with van der Waals surface area (Å²) in [5.41, 5.74) is 0. The molecule has 0 unspecified atom stereocenters. The topological polar surface area (TPSA) is 48.0 Å². The van der Waals surface area contributed by atoms with Crippen LogP contribution in [0.4, 0.5) is 4.79 Å². The van der Waals surface area contributed by atoms with Gasteiger partial charge in [0.05, 0.1) is 13.2 Å². The monoisotopic (exact) mass is 298 g/mol. The van der Waals surface area contributed by atoms with Gasteiger partial charge in [-0.1, -0.05) is 6.92 Å². The Morgan fingerprint density at radius 2 is 1.76 bits per heavy atom. The summed E-state index contributed by atoms with van der Waals surface area (Å²) in [7, 11) is 0. The number of hydrogen-bond donors (Lipinski definition) is 1. The molecule has 6 heteroatoms. The number of morpholine rings is 1. The van der Waals surface area contributed by atoms with Crippen LogP contribution in [0.3, 0.4) is 0 Å². The van der Waals surface area contributed by atoms with Crippen LogP contribution in [-0.2, 0) is 4.74 Å². The van der Waals surface area contributed by atoms with Gasteiger partial charge >= 0.3 is 6.03 Å². The maximum Gasteiger partial charge on any atom is 0.317 e. The maximum atomic E-state index is 12.2. The second-order valence-corrected chi connectivity index (χ2v) is 5.87. The molecule has 2 heterocycles. The number of urea groups is 1. The van der Waals surface area contributed by atoms with Crippen molar-refractivity contribution in [3.8, 4) is 0 Å². The summed E-state index contributed by atoms with van der Waals surface area (Å²) in [4.78, 5) is 19.0. The number of amides is 2. The van der Waals surface area contributed by atoms with E-state index in [0.29, 0.717) is 0 Å². The van der Waals surface area contributed by atoms with Gasteiger partial charge < -0.3 is 19.9 Å². The number of rotatable bonds is 5. The quantitative estimate of drug-likeness (QED) is 0.800. The molecule has 0 saturated carbocycles. The van der Waals surface area contributed by atoms with E-state index < -0.39 is 0 Å². The number of nitrogens with one attached hydrogen (secondary N) is 1. The minimum Gasteiger partial charge on any atom is -0.379 e. The summed E-state index contributed by atoms with van der Waals surface area (Å²) in [6.45, 7) is 12.4. The van der Waals surface area contributed by atoms with Crippen LogP contribution in [0.1, 0.15) is 19.8 Å². The first-order valence-corrected chi connectivity index (χ1v) is 8.35. The van der Waals surface area contributed by atoms with E-state index in [1.54, 1.807) is 0 Å². The zero-order valence-electron chi connectivity index (χ0n) is 13.4. The van der Waals surface area contributed by atoms with E-state index in [1.807, 2.05) is 4.90 Å². The molecule has 2 aliphatic heterocycles. The number of hydrogen-bond acceptors (Lipinski definition) is 4. The molecule has 0 aliphatic carbocycles. The lowest BCUT2D eigenvalue weighted by Gasteiger charge is -2.27. The van der Waals surface area contributed by atoms with Crippen LogP contribution in [0.15, 0.2) is 0 Å². The van der Waals surface area contributed by atoms with Gasteiger partial charge in [0.2, 0.25) is 0 Å². The molecule has 21 heavy (non-hydrogen) atoms. The molecule has 0 bridgehead atoms. The van der Waals surface area contributed by atoms with Crippen LogP contribution in [0.2, 0.25) is 0 Å². The van der Waals surface area contributed by atoms with Crippen molar-refractivity contribution in [2.75, 3.05) is 72.1 Å². The van der Waals surface area contributed by atoms with Crippen molar-refractivity contribution in [2.24, 2.45) is 0 Å². The van der Waals surface area contributed by atoms with Gasteiger partial charge in [0.15, 0.2) is 0 Å². The highest BCUT2D eigenvalue weighted by atomic mass is 16.5. The van der Waals surface area contributed by atoms with Crippen molar-refractivity contribution in [1.29, 1.82) is 0 Å². The minimum atomic E-state index is 0.0987. The normalized spacial score (nSPS) is 22.0. The number of carbonyl (C=O) groups excluding carboxylic acids is 1. The fourth-order valence-electron chi connectivity index (χ4n) is 2.97. The van der Waals surface area contributed by atoms with Crippen LogP contribution in [0, 0.1) is 0 Å². The molecule has 6 nitrogen and oxygen atoms in total.